The molecule has 1 saturated carbocycles. The van der Waals surface area contributed by atoms with Crippen LogP contribution in [0.2, 0.25) is 0 Å². The first-order chi connectivity index (χ1) is 5.84. The van der Waals surface area contributed by atoms with E-state index in [9.17, 15) is 0 Å². The van der Waals surface area contributed by atoms with E-state index in [-0.39, 0.29) is 0 Å². The Bertz CT molecular complexity index is 114. The Morgan fingerprint density at radius 1 is 1.33 bits per heavy atom. The van der Waals surface area contributed by atoms with Crippen molar-refractivity contribution in [3.8, 4) is 0 Å². The van der Waals surface area contributed by atoms with Gasteiger partial charge in [-0.2, -0.15) is 0 Å². The van der Waals surface area contributed by atoms with Gasteiger partial charge in [0, 0.05) is 12.1 Å². The van der Waals surface area contributed by atoms with Crippen LogP contribution in [-0.2, 0) is 0 Å². The SMILES string of the molecule is CCCCCN[C@H]1CCC[C@@H]1N. The fourth-order valence-electron chi connectivity index (χ4n) is 1.90. The van der Waals surface area contributed by atoms with Gasteiger partial charge in [-0.3, -0.25) is 0 Å². The summed E-state index contributed by atoms with van der Waals surface area (Å²) < 4.78 is 0. The summed E-state index contributed by atoms with van der Waals surface area (Å²) in [6.07, 6.45) is 7.76. The molecule has 2 heteroatoms. The molecule has 0 heterocycles. The second-order valence-electron chi connectivity index (χ2n) is 3.86. The molecule has 0 saturated heterocycles. The lowest BCUT2D eigenvalue weighted by Gasteiger charge is -2.16. The zero-order valence-corrected chi connectivity index (χ0v) is 8.18. The van der Waals surface area contributed by atoms with Crippen LogP contribution in [0.5, 0.6) is 0 Å². The van der Waals surface area contributed by atoms with Crippen LogP contribution < -0.4 is 11.1 Å². The molecule has 72 valence electrons. The fourth-order valence-corrected chi connectivity index (χ4v) is 1.90. The van der Waals surface area contributed by atoms with Crippen LogP contribution in [0.3, 0.4) is 0 Å². The predicted molar refractivity (Wildman–Crippen MR) is 53.1 cm³/mol. The van der Waals surface area contributed by atoms with Crippen molar-refractivity contribution in [3.05, 3.63) is 0 Å². The molecular formula is C10H22N2. The minimum absolute atomic E-state index is 0.423. The first kappa shape index (κ1) is 10.0. The van der Waals surface area contributed by atoms with Crippen LogP contribution in [0.1, 0.15) is 45.4 Å². The molecule has 0 aliphatic heterocycles. The number of nitrogens with one attached hydrogen (secondary N) is 1. The second-order valence-corrected chi connectivity index (χ2v) is 3.86. The molecule has 0 aromatic rings. The zero-order chi connectivity index (χ0) is 8.81. The van der Waals surface area contributed by atoms with E-state index < -0.39 is 0 Å². The Labute approximate surface area is 75.9 Å². The average Bonchev–Trinajstić information content (AvgIpc) is 2.46. The molecule has 2 nitrogen and oxygen atoms in total. The van der Waals surface area contributed by atoms with Crippen molar-refractivity contribution in [3.63, 3.8) is 0 Å². The molecule has 1 rings (SSSR count). The summed E-state index contributed by atoms with van der Waals surface area (Å²) in [7, 11) is 0. The van der Waals surface area contributed by atoms with Crippen molar-refractivity contribution < 1.29 is 0 Å². The summed E-state index contributed by atoms with van der Waals surface area (Å²) >= 11 is 0. The Balaban J connectivity index is 1.98. The van der Waals surface area contributed by atoms with E-state index in [1.807, 2.05) is 0 Å². The van der Waals surface area contributed by atoms with Gasteiger partial charge < -0.3 is 11.1 Å². The third kappa shape index (κ3) is 3.11. The van der Waals surface area contributed by atoms with Crippen LogP contribution in [0.25, 0.3) is 0 Å². The van der Waals surface area contributed by atoms with E-state index in [0.717, 1.165) is 6.54 Å². The normalized spacial score (nSPS) is 29.5. The van der Waals surface area contributed by atoms with Gasteiger partial charge in [0.1, 0.15) is 0 Å². The molecule has 0 spiro atoms. The number of hydrogen-bond acceptors (Lipinski definition) is 2. The topological polar surface area (TPSA) is 38.0 Å². The van der Waals surface area contributed by atoms with Gasteiger partial charge in [0.15, 0.2) is 0 Å². The standard InChI is InChI=1S/C10H22N2/c1-2-3-4-8-12-10-7-5-6-9(10)11/h9-10,12H,2-8,11H2,1H3/t9-,10-/m0/s1. The van der Waals surface area contributed by atoms with E-state index in [0.29, 0.717) is 12.1 Å². The number of hydrogen-bond donors (Lipinski definition) is 2. The molecule has 3 N–H and O–H groups in total. The third-order valence-electron chi connectivity index (χ3n) is 2.76. The van der Waals surface area contributed by atoms with Crippen molar-refractivity contribution in [2.45, 2.75) is 57.5 Å². The van der Waals surface area contributed by atoms with Crippen molar-refractivity contribution in [2.24, 2.45) is 5.73 Å². The van der Waals surface area contributed by atoms with E-state index >= 15 is 0 Å². The summed E-state index contributed by atoms with van der Waals surface area (Å²) in [4.78, 5) is 0. The molecule has 0 bridgehead atoms. The first-order valence-corrected chi connectivity index (χ1v) is 5.33. The van der Waals surface area contributed by atoms with Crippen LogP contribution in [0.4, 0.5) is 0 Å². The maximum absolute atomic E-state index is 5.93. The Morgan fingerprint density at radius 3 is 2.75 bits per heavy atom. The molecule has 2 atom stereocenters. The van der Waals surface area contributed by atoms with Crippen molar-refractivity contribution >= 4 is 0 Å². The van der Waals surface area contributed by atoms with E-state index in [4.69, 9.17) is 5.73 Å². The first-order valence-electron chi connectivity index (χ1n) is 5.33. The summed E-state index contributed by atoms with van der Waals surface area (Å²) in [6, 6.07) is 1.04. The van der Waals surface area contributed by atoms with Crippen LogP contribution in [0.15, 0.2) is 0 Å². The lowest BCUT2D eigenvalue weighted by Crippen LogP contribution is -2.41. The van der Waals surface area contributed by atoms with E-state index in [2.05, 4.69) is 12.2 Å². The van der Waals surface area contributed by atoms with Gasteiger partial charge in [-0.05, 0) is 25.8 Å². The molecule has 1 fully saturated rings. The fraction of sp³-hybridized carbons (Fsp3) is 1.00. The van der Waals surface area contributed by atoms with E-state index in [1.165, 1.54) is 38.5 Å². The highest BCUT2D eigenvalue weighted by atomic mass is 15.0. The lowest BCUT2D eigenvalue weighted by atomic mass is 10.2. The van der Waals surface area contributed by atoms with Gasteiger partial charge in [-0.1, -0.05) is 26.2 Å². The van der Waals surface area contributed by atoms with Crippen molar-refractivity contribution in [1.29, 1.82) is 0 Å². The predicted octanol–water partition coefficient (Wildman–Crippen LogP) is 1.65. The molecule has 0 unspecified atom stereocenters. The van der Waals surface area contributed by atoms with Crippen LogP contribution in [-0.4, -0.2) is 18.6 Å². The Hall–Kier alpha value is -0.0800. The van der Waals surface area contributed by atoms with Gasteiger partial charge >= 0.3 is 0 Å². The molecule has 0 radical (unpaired) electrons. The van der Waals surface area contributed by atoms with Crippen molar-refractivity contribution in [2.75, 3.05) is 6.54 Å². The van der Waals surface area contributed by atoms with Crippen LogP contribution in [0, 0.1) is 0 Å². The van der Waals surface area contributed by atoms with Crippen molar-refractivity contribution in [1.82, 2.24) is 5.32 Å². The molecule has 1 aliphatic carbocycles. The minimum Gasteiger partial charge on any atom is -0.326 e. The smallest absolute Gasteiger partial charge is 0.0219 e. The largest absolute Gasteiger partial charge is 0.326 e. The highest BCUT2D eigenvalue weighted by Crippen LogP contribution is 2.16. The molecule has 12 heavy (non-hydrogen) atoms. The van der Waals surface area contributed by atoms with Crippen LogP contribution >= 0.6 is 0 Å². The van der Waals surface area contributed by atoms with Gasteiger partial charge in [-0.15, -0.1) is 0 Å². The highest BCUT2D eigenvalue weighted by Gasteiger charge is 2.22. The number of rotatable bonds is 5. The molecule has 0 amide bonds. The summed E-state index contributed by atoms with van der Waals surface area (Å²) in [6.45, 7) is 3.40. The molecular weight excluding hydrogens is 148 g/mol. The molecule has 0 aromatic carbocycles. The van der Waals surface area contributed by atoms with Gasteiger partial charge in [-0.25, -0.2) is 0 Å². The maximum Gasteiger partial charge on any atom is 0.0219 e. The van der Waals surface area contributed by atoms with E-state index in [1.54, 1.807) is 0 Å². The zero-order valence-electron chi connectivity index (χ0n) is 8.18. The molecule has 0 aromatic heterocycles. The van der Waals surface area contributed by atoms with Gasteiger partial charge in [0.25, 0.3) is 0 Å². The summed E-state index contributed by atoms with van der Waals surface area (Å²) in [5.41, 5.74) is 5.93. The monoisotopic (exact) mass is 170 g/mol. The maximum atomic E-state index is 5.93. The minimum atomic E-state index is 0.423. The number of unbranched alkanes of at least 4 members (excludes halogenated alkanes) is 2. The highest BCUT2D eigenvalue weighted by molar-refractivity contribution is 4.85. The number of nitrogens with two attached hydrogens (primary N) is 1. The lowest BCUT2D eigenvalue weighted by molar-refractivity contribution is 0.465. The summed E-state index contributed by atoms with van der Waals surface area (Å²) in [5, 5.41) is 3.54. The van der Waals surface area contributed by atoms with Gasteiger partial charge in [0.2, 0.25) is 0 Å². The Morgan fingerprint density at radius 2 is 2.17 bits per heavy atom. The van der Waals surface area contributed by atoms with Gasteiger partial charge in [0.05, 0.1) is 0 Å². The third-order valence-corrected chi connectivity index (χ3v) is 2.76. The Kier molecular flexibility index (Phi) is 4.62. The average molecular weight is 170 g/mol. The summed E-state index contributed by atoms with van der Waals surface area (Å²) in [5.74, 6) is 0. The molecule has 1 aliphatic rings. The second kappa shape index (κ2) is 5.55. The quantitative estimate of drug-likeness (QED) is 0.616.